The fraction of sp³-hybridized carbons (Fsp3) is 0.850. The summed E-state index contributed by atoms with van der Waals surface area (Å²) in [5.74, 6) is -0.297. The molecule has 2 atom stereocenters. The molecule has 0 bridgehead atoms. The molecular weight excluding hydrogens is 364 g/mol. The maximum absolute atomic E-state index is 12.6. The second-order valence-corrected chi connectivity index (χ2v) is 7.17. The van der Waals surface area contributed by atoms with Gasteiger partial charge in [0.25, 0.3) is 0 Å². The first-order valence-corrected chi connectivity index (χ1v) is 10.2. The fourth-order valence-electron chi connectivity index (χ4n) is 2.53. The van der Waals surface area contributed by atoms with Gasteiger partial charge in [-0.1, -0.05) is 40.5 Å². The van der Waals surface area contributed by atoms with Gasteiger partial charge in [0.05, 0.1) is 13.2 Å². The molecule has 164 valence electrons. The third-order valence-corrected chi connectivity index (χ3v) is 4.06. The van der Waals surface area contributed by atoms with Crippen LogP contribution in [0, 0.1) is 5.92 Å². The Labute approximate surface area is 169 Å². The molecule has 0 aromatic carbocycles. The first-order chi connectivity index (χ1) is 13.3. The zero-order valence-corrected chi connectivity index (χ0v) is 18.0. The molecule has 0 spiro atoms. The third kappa shape index (κ3) is 12.5. The number of esters is 1. The zero-order chi connectivity index (χ0) is 21.4. The van der Waals surface area contributed by atoms with Crippen LogP contribution in [0.2, 0.25) is 0 Å². The van der Waals surface area contributed by atoms with E-state index in [1.807, 2.05) is 13.8 Å². The minimum absolute atomic E-state index is 0.101. The summed E-state index contributed by atoms with van der Waals surface area (Å²) >= 11 is 0. The Hall–Kier alpha value is -1.83. The molecule has 0 rings (SSSR count). The normalized spacial score (nSPS) is 12.9. The Morgan fingerprint density at radius 3 is 2.04 bits per heavy atom. The Bertz CT molecular complexity index is 456. The van der Waals surface area contributed by atoms with Crippen molar-refractivity contribution >= 4 is 18.0 Å². The summed E-state index contributed by atoms with van der Waals surface area (Å²) in [6.45, 7) is 8.79. The van der Waals surface area contributed by atoms with Gasteiger partial charge >= 0.3 is 12.1 Å². The number of methoxy groups -OCH3 is 1. The molecule has 0 saturated carbocycles. The summed E-state index contributed by atoms with van der Waals surface area (Å²) in [6.07, 6.45) is 3.41. The topological polar surface area (TPSA) is 103 Å². The predicted octanol–water partition coefficient (Wildman–Crippen LogP) is 2.79. The number of alkyl carbamates (subject to hydrolysis) is 1. The minimum atomic E-state index is -0.770. The lowest BCUT2D eigenvalue weighted by Gasteiger charge is -2.22. The Morgan fingerprint density at radius 1 is 0.821 bits per heavy atom. The molecule has 28 heavy (non-hydrogen) atoms. The van der Waals surface area contributed by atoms with Crippen molar-refractivity contribution in [3.63, 3.8) is 0 Å². The molecule has 0 aliphatic heterocycles. The Morgan fingerprint density at radius 2 is 1.46 bits per heavy atom. The molecule has 2 N–H and O–H groups in total. The maximum Gasteiger partial charge on any atom is 0.407 e. The monoisotopic (exact) mass is 402 g/mol. The molecule has 2 unspecified atom stereocenters. The van der Waals surface area contributed by atoms with Crippen LogP contribution in [-0.4, -0.2) is 57.0 Å². The van der Waals surface area contributed by atoms with Gasteiger partial charge in [0.1, 0.15) is 18.7 Å². The van der Waals surface area contributed by atoms with Crippen molar-refractivity contribution in [2.75, 3.05) is 26.9 Å². The standard InChI is InChI=1S/C20H38N2O6/c1-6-9-16(22-20(25)28-14-13-26-5)18(23)21-17(10-7-2)19(24)27-12-8-11-15(3)4/h15-17H,6-14H2,1-5H3,(H,21,23)(H,22,25). The van der Waals surface area contributed by atoms with E-state index < -0.39 is 30.1 Å². The Balaban J connectivity index is 4.67. The molecule has 0 heterocycles. The largest absolute Gasteiger partial charge is 0.464 e. The number of hydrogen-bond acceptors (Lipinski definition) is 6. The summed E-state index contributed by atoms with van der Waals surface area (Å²) < 4.78 is 15.1. The van der Waals surface area contributed by atoms with Crippen molar-refractivity contribution in [1.82, 2.24) is 10.6 Å². The second kappa shape index (κ2) is 16.2. The fourth-order valence-corrected chi connectivity index (χ4v) is 2.53. The van der Waals surface area contributed by atoms with Crippen LogP contribution in [0.15, 0.2) is 0 Å². The van der Waals surface area contributed by atoms with Crippen molar-refractivity contribution in [2.24, 2.45) is 5.92 Å². The van der Waals surface area contributed by atoms with Crippen molar-refractivity contribution in [1.29, 1.82) is 0 Å². The van der Waals surface area contributed by atoms with E-state index >= 15 is 0 Å². The van der Waals surface area contributed by atoms with Gasteiger partial charge in [-0.25, -0.2) is 9.59 Å². The van der Waals surface area contributed by atoms with E-state index in [0.29, 0.717) is 31.8 Å². The average molecular weight is 403 g/mol. The van der Waals surface area contributed by atoms with Crippen LogP contribution in [0.4, 0.5) is 4.79 Å². The van der Waals surface area contributed by atoms with Crippen LogP contribution in [0.3, 0.4) is 0 Å². The van der Waals surface area contributed by atoms with Crippen molar-refractivity contribution < 1.29 is 28.6 Å². The lowest BCUT2D eigenvalue weighted by atomic mass is 10.1. The Kier molecular flexibility index (Phi) is 15.1. The predicted molar refractivity (Wildman–Crippen MR) is 107 cm³/mol. The minimum Gasteiger partial charge on any atom is -0.464 e. The highest BCUT2D eigenvalue weighted by molar-refractivity contribution is 5.89. The number of ether oxygens (including phenoxy) is 3. The number of amides is 2. The highest BCUT2D eigenvalue weighted by atomic mass is 16.6. The highest BCUT2D eigenvalue weighted by Crippen LogP contribution is 2.06. The molecule has 0 aromatic rings. The highest BCUT2D eigenvalue weighted by Gasteiger charge is 2.27. The number of nitrogens with one attached hydrogen (secondary N) is 2. The van der Waals surface area contributed by atoms with E-state index in [9.17, 15) is 14.4 Å². The summed E-state index contributed by atoms with van der Waals surface area (Å²) in [4.78, 5) is 36.7. The molecule has 0 aliphatic carbocycles. The number of hydrogen-bond donors (Lipinski definition) is 2. The summed E-state index contributed by atoms with van der Waals surface area (Å²) in [7, 11) is 1.50. The second-order valence-electron chi connectivity index (χ2n) is 7.17. The van der Waals surface area contributed by atoms with Crippen LogP contribution in [0.5, 0.6) is 0 Å². The molecule has 8 heteroatoms. The van der Waals surface area contributed by atoms with Crippen molar-refractivity contribution in [3.05, 3.63) is 0 Å². The maximum atomic E-state index is 12.6. The molecule has 0 aliphatic rings. The van der Waals surface area contributed by atoms with E-state index in [4.69, 9.17) is 14.2 Å². The first kappa shape index (κ1) is 26.2. The van der Waals surface area contributed by atoms with E-state index in [0.717, 1.165) is 19.3 Å². The van der Waals surface area contributed by atoms with E-state index in [2.05, 4.69) is 24.5 Å². The molecule has 0 aromatic heterocycles. The van der Waals surface area contributed by atoms with Crippen LogP contribution in [-0.2, 0) is 23.8 Å². The van der Waals surface area contributed by atoms with Crippen LogP contribution in [0.25, 0.3) is 0 Å². The number of carbonyl (C=O) groups is 3. The molecule has 0 radical (unpaired) electrons. The first-order valence-electron chi connectivity index (χ1n) is 10.2. The smallest absolute Gasteiger partial charge is 0.407 e. The quantitative estimate of drug-likeness (QED) is 0.322. The summed E-state index contributed by atoms with van der Waals surface area (Å²) in [5.41, 5.74) is 0. The zero-order valence-electron chi connectivity index (χ0n) is 18.0. The van der Waals surface area contributed by atoms with E-state index in [-0.39, 0.29) is 13.2 Å². The van der Waals surface area contributed by atoms with Crippen LogP contribution >= 0.6 is 0 Å². The third-order valence-electron chi connectivity index (χ3n) is 4.06. The number of rotatable bonds is 15. The summed E-state index contributed by atoms with van der Waals surface area (Å²) in [5, 5.41) is 5.26. The molecule has 8 nitrogen and oxygen atoms in total. The van der Waals surface area contributed by atoms with Gasteiger partial charge < -0.3 is 24.8 Å². The van der Waals surface area contributed by atoms with Gasteiger partial charge in [0.15, 0.2) is 0 Å². The molecule has 0 fully saturated rings. The molecule has 2 amide bonds. The lowest BCUT2D eigenvalue weighted by molar-refractivity contribution is -0.148. The van der Waals surface area contributed by atoms with Gasteiger partial charge in [-0.15, -0.1) is 0 Å². The summed E-state index contributed by atoms with van der Waals surface area (Å²) in [6, 6.07) is -1.49. The van der Waals surface area contributed by atoms with Gasteiger partial charge in [0, 0.05) is 7.11 Å². The molecular formula is C20H38N2O6. The van der Waals surface area contributed by atoms with Crippen LogP contribution < -0.4 is 10.6 Å². The van der Waals surface area contributed by atoms with E-state index in [1.54, 1.807) is 0 Å². The van der Waals surface area contributed by atoms with Crippen molar-refractivity contribution in [2.45, 2.75) is 78.3 Å². The lowest BCUT2D eigenvalue weighted by Crippen LogP contribution is -2.52. The van der Waals surface area contributed by atoms with Crippen molar-refractivity contribution in [3.8, 4) is 0 Å². The SMILES string of the molecule is CCCC(NC(=O)OCCOC)C(=O)NC(CCC)C(=O)OCCCC(C)C. The van der Waals surface area contributed by atoms with Gasteiger partial charge in [0.2, 0.25) is 5.91 Å². The van der Waals surface area contributed by atoms with Gasteiger partial charge in [-0.3, -0.25) is 4.79 Å². The van der Waals surface area contributed by atoms with Gasteiger partial charge in [-0.2, -0.15) is 0 Å². The average Bonchev–Trinajstić information content (AvgIpc) is 2.64. The van der Waals surface area contributed by atoms with E-state index in [1.165, 1.54) is 7.11 Å². The number of carbonyl (C=O) groups excluding carboxylic acids is 3. The van der Waals surface area contributed by atoms with Crippen LogP contribution in [0.1, 0.15) is 66.2 Å². The molecule has 0 saturated heterocycles. The van der Waals surface area contributed by atoms with Gasteiger partial charge in [-0.05, 0) is 31.6 Å².